The number of halogens is 2. The molecule has 12 heteroatoms. The number of ether oxygens (including phenoxy) is 1. The maximum Gasteiger partial charge on any atom is 0.250 e. The van der Waals surface area contributed by atoms with E-state index in [1.165, 1.54) is 29.5 Å². The van der Waals surface area contributed by atoms with Crippen LogP contribution in [0.15, 0.2) is 42.5 Å². The van der Waals surface area contributed by atoms with Gasteiger partial charge in [0.25, 0.3) is 0 Å². The molecule has 0 aliphatic carbocycles. The van der Waals surface area contributed by atoms with Crippen molar-refractivity contribution in [1.29, 1.82) is 0 Å². The second kappa shape index (κ2) is 10.0. The fraction of sp³-hybridized carbons (Fsp3) is 0.250. The Kier molecular flexibility index (Phi) is 7.60. The first-order valence-electron chi connectivity index (χ1n) is 9.37. The Labute approximate surface area is 200 Å². The molecule has 0 spiro atoms. The SMILES string of the molecule is CC[C@H](C(=O)Nc1nnc(-c2ccc(OC)cc2)s1)N(c1ccc(Cl)c(Cl)c1)S(C)(=O)=O. The van der Waals surface area contributed by atoms with Gasteiger partial charge in [0.05, 0.1) is 29.1 Å². The fourth-order valence-corrected chi connectivity index (χ4v) is 5.24. The monoisotopic (exact) mass is 514 g/mol. The molecule has 0 unspecified atom stereocenters. The zero-order valence-electron chi connectivity index (χ0n) is 17.4. The van der Waals surface area contributed by atoms with Crippen molar-refractivity contribution in [3.8, 4) is 16.3 Å². The van der Waals surface area contributed by atoms with E-state index < -0.39 is 22.0 Å². The average molecular weight is 515 g/mol. The summed E-state index contributed by atoms with van der Waals surface area (Å²) in [6, 6.07) is 10.6. The summed E-state index contributed by atoms with van der Waals surface area (Å²) in [5, 5.41) is 12.1. The highest BCUT2D eigenvalue weighted by Crippen LogP contribution is 2.31. The standard InChI is InChI=1S/C20H20Cl2N4O4S2/c1-4-17(26(32(3,28)29)13-7-10-15(21)16(22)11-13)18(27)23-20-25-24-19(31-20)12-5-8-14(30-2)9-6-12/h5-11,17H,4H2,1-3H3,(H,23,25,27)/t17-/m1/s1. The highest BCUT2D eigenvalue weighted by molar-refractivity contribution is 7.92. The number of rotatable bonds is 8. The molecule has 0 aliphatic rings. The van der Waals surface area contributed by atoms with Crippen LogP contribution < -0.4 is 14.4 Å². The van der Waals surface area contributed by atoms with Gasteiger partial charge in [0.1, 0.15) is 16.8 Å². The normalized spacial score (nSPS) is 12.3. The lowest BCUT2D eigenvalue weighted by molar-refractivity contribution is -0.117. The van der Waals surface area contributed by atoms with Crippen LogP contribution in [0.1, 0.15) is 13.3 Å². The Hall–Kier alpha value is -2.40. The number of nitrogens with zero attached hydrogens (tertiary/aromatic N) is 3. The molecule has 1 N–H and O–H groups in total. The van der Waals surface area contributed by atoms with Crippen molar-refractivity contribution >= 4 is 61.3 Å². The minimum Gasteiger partial charge on any atom is -0.497 e. The number of nitrogens with one attached hydrogen (secondary N) is 1. The van der Waals surface area contributed by atoms with Gasteiger partial charge < -0.3 is 4.74 Å². The molecule has 1 atom stereocenters. The molecule has 0 fully saturated rings. The highest BCUT2D eigenvalue weighted by Gasteiger charge is 2.32. The highest BCUT2D eigenvalue weighted by atomic mass is 35.5. The maximum absolute atomic E-state index is 13.0. The van der Waals surface area contributed by atoms with E-state index in [-0.39, 0.29) is 27.3 Å². The number of amides is 1. The van der Waals surface area contributed by atoms with Gasteiger partial charge in [0.2, 0.25) is 21.1 Å². The van der Waals surface area contributed by atoms with E-state index >= 15 is 0 Å². The Morgan fingerprint density at radius 3 is 2.41 bits per heavy atom. The smallest absolute Gasteiger partial charge is 0.250 e. The molecule has 0 aliphatic heterocycles. The number of aromatic nitrogens is 2. The lowest BCUT2D eigenvalue weighted by Crippen LogP contribution is -2.47. The number of sulfonamides is 1. The van der Waals surface area contributed by atoms with Crippen molar-refractivity contribution < 1.29 is 17.9 Å². The second-order valence-electron chi connectivity index (χ2n) is 6.71. The molecule has 3 rings (SSSR count). The minimum absolute atomic E-state index is 0.182. The lowest BCUT2D eigenvalue weighted by Gasteiger charge is -2.30. The number of anilines is 2. The molecule has 170 valence electrons. The number of benzene rings is 2. The lowest BCUT2D eigenvalue weighted by atomic mass is 10.2. The van der Waals surface area contributed by atoms with E-state index in [1.807, 2.05) is 12.1 Å². The van der Waals surface area contributed by atoms with Crippen LogP contribution >= 0.6 is 34.5 Å². The number of carbonyl (C=O) groups is 1. The molecule has 1 amide bonds. The van der Waals surface area contributed by atoms with Crippen LogP contribution in [-0.2, 0) is 14.8 Å². The summed E-state index contributed by atoms with van der Waals surface area (Å²) in [5.74, 6) is 0.169. The number of hydrogen-bond acceptors (Lipinski definition) is 7. The molecule has 0 bridgehead atoms. The predicted molar refractivity (Wildman–Crippen MR) is 128 cm³/mol. The third kappa shape index (κ3) is 5.50. The summed E-state index contributed by atoms with van der Waals surface area (Å²) in [4.78, 5) is 13.0. The maximum atomic E-state index is 13.0. The van der Waals surface area contributed by atoms with Gasteiger partial charge >= 0.3 is 0 Å². The van der Waals surface area contributed by atoms with Crippen LogP contribution in [0.5, 0.6) is 5.75 Å². The van der Waals surface area contributed by atoms with Crippen molar-refractivity contribution in [3.05, 3.63) is 52.5 Å². The third-order valence-electron chi connectivity index (χ3n) is 4.48. The predicted octanol–water partition coefficient (Wildman–Crippen LogP) is 4.70. The van der Waals surface area contributed by atoms with Gasteiger partial charge in [-0.05, 0) is 48.9 Å². The Balaban J connectivity index is 1.85. The summed E-state index contributed by atoms with van der Waals surface area (Å²) in [7, 11) is -2.24. The van der Waals surface area contributed by atoms with Crippen LogP contribution in [0.4, 0.5) is 10.8 Å². The summed E-state index contributed by atoms with van der Waals surface area (Å²) >= 11 is 13.2. The molecule has 3 aromatic rings. The first kappa shape index (κ1) is 24.2. The Bertz CT molecular complexity index is 1220. The van der Waals surface area contributed by atoms with Gasteiger partial charge in [0, 0.05) is 5.56 Å². The van der Waals surface area contributed by atoms with Crippen molar-refractivity contribution in [3.63, 3.8) is 0 Å². The zero-order chi connectivity index (χ0) is 23.5. The van der Waals surface area contributed by atoms with Gasteiger partial charge in [0.15, 0.2) is 0 Å². The van der Waals surface area contributed by atoms with Crippen molar-refractivity contribution in [1.82, 2.24) is 10.2 Å². The largest absolute Gasteiger partial charge is 0.497 e. The van der Waals surface area contributed by atoms with Crippen molar-refractivity contribution in [2.75, 3.05) is 23.0 Å². The number of hydrogen-bond donors (Lipinski definition) is 1. The van der Waals surface area contributed by atoms with E-state index in [4.69, 9.17) is 27.9 Å². The van der Waals surface area contributed by atoms with Crippen LogP contribution in [0.25, 0.3) is 10.6 Å². The molecule has 0 saturated heterocycles. The molecule has 1 heterocycles. The van der Waals surface area contributed by atoms with Crippen LogP contribution in [0.3, 0.4) is 0 Å². The van der Waals surface area contributed by atoms with Gasteiger partial charge in [-0.2, -0.15) is 0 Å². The van der Waals surface area contributed by atoms with Gasteiger partial charge in [-0.1, -0.05) is 41.5 Å². The first-order valence-corrected chi connectivity index (χ1v) is 12.8. The average Bonchev–Trinajstić information content (AvgIpc) is 3.21. The van der Waals surface area contributed by atoms with Crippen molar-refractivity contribution in [2.24, 2.45) is 0 Å². The summed E-state index contributed by atoms with van der Waals surface area (Å²) in [5.41, 5.74) is 1.05. The van der Waals surface area contributed by atoms with Gasteiger partial charge in [-0.25, -0.2) is 8.42 Å². The topological polar surface area (TPSA) is 101 Å². The van der Waals surface area contributed by atoms with Gasteiger partial charge in [-0.3, -0.25) is 14.4 Å². The molecule has 1 aromatic heterocycles. The van der Waals surface area contributed by atoms with Crippen LogP contribution in [-0.4, -0.2) is 43.9 Å². The minimum atomic E-state index is -3.81. The van der Waals surface area contributed by atoms with E-state index in [1.54, 1.807) is 26.2 Å². The molecule has 32 heavy (non-hydrogen) atoms. The zero-order valence-corrected chi connectivity index (χ0v) is 20.5. The quantitative estimate of drug-likeness (QED) is 0.467. The summed E-state index contributed by atoms with van der Waals surface area (Å²) < 4.78 is 31.3. The summed E-state index contributed by atoms with van der Waals surface area (Å²) in [6.45, 7) is 1.71. The van der Waals surface area contributed by atoms with Crippen LogP contribution in [0.2, 0.25) is 10.0 Å². The number of carbonyl (C=O) groups excluding carboxylic acids is 1. The summed E-state index contributed by atoms with van der Waals surface area (Å²) in [6.07, 6.45) is 1.24. The second-order valence-corrected chi connectivity index (χ2v) is 10.4. The van der Waals surface area contributed by atoms with Crippen molar-refractivity contribution in [2.45, 2.75) is 19.4 Å². The van der Waals surface area contributed by atoms with E-state index in [2.05, 4.69) is 15.5 Å². The molecule has 0 radical (unpaired) electrons. The molecule has 2 aromatic carbocycles. The van der Waals surface area contributed by atoms with Gasteiger partial charge in [-0.15, -0.1) is 10.2 Å². The van der Waals surface area contributed by atoms with Crippen LogP contribution in [0, 0.1) is 0 Å². The number of methoxy groups -OCH3 is 1. The van der Waals surface area contributed by atoms with E-state index in [0.29, 0.717) is 10.8 Å². The first-order chi connectivity index (χ1) is 15.1. The molecule has 8 nitrogen and oxygen atoms in total. The molecular formula is C20H20Cl2N4O4S2. The van der Waals surface area contributed by atoms with E-state index in [9.17, 15) is 13.2 Å². The Morgan fingerprint density at radius 2 is 1.84 bits per heavy atom. The van der Waals surface area contributed by atoms with E-state index in [0.717, 1.165) is 16.1 Å². The Morgan fingerprint density at radius 1 is 1.16 bits per heavy atom. The fourth-order valence-electron chi connectivity index (χ4n) is 3.00. The molecule has 0 saturated carbocycles. The third-order valence-corrected chi connectivity index (χ3v) is 7.29. The molecular weight excluding hydrogens is 495 g/mol.